The van der Waals surface area contributed by atoms with Crippen LogP contribution in [-0.4, -0.2) is 62.5 Å². The Kier molecular flexibility index (Phi) is 5.04. The van der Waals surface area contributed by atoms with Crippen LogP contribution in [0.1, 0.15) is 45.2 Å². The summed E-state index contributed by atoms with van der Waals surface area (Å²) in [6.07, 6.45) is 3.53. The molecule has 7 nitrogen and oxygen atoms in total. The molecule has 4 rings (SSSR count). The first-order valence-corrected chi connectivity index (χ1v) is 9.95. The molecular formula is C20H21N5O2S. The molecule has 0 bridgehead atoms. The second-order valence-electron chi connectivity index (χ2n) is 7.23. The Hall–Kier alpha value is -2.87. The molecule has 1 atom stereocenters. The summed E-state index contributed by atoms with van der Waals surface area (Å²) in [5.41, 5.74) is 3.71. The van der Waals surface area contributed by atoms with Gasteiger partial charge in [0.25, 0.3) is 11.8 Å². The Bertz CT molecular complexity index is 1010. The molecule has 144 valence electrons. The molecule has 1 aliphatic heterocycles. The van der Waals surface area contributed by atoms with Crippen LogP contribution in [0.25, 0.3) is 11.0 Å². The summed E-state index contributed by atoms with van der Waals surface area (Å²) >= 11 is 1.15. The van der Waals surface area contributed by atoms with Gasteiger partial charge in [-0.05, 0) is 43.2 Å². The molecule has 0 spiro atoms. The second kappa shape index (κ2) is 7.63. The number of hydrogen-bond donors (Lipinski definition) is 0. The van der Waals surface area contributed by atoms with Crippen molar-refractivity contribution in [2.45, 2.75) is 18.8 Å². The highest BCUT2D eigenvalue weighted by atomic mass is 32.1. The van der Waals surface area contributed by atoms with E-state index in [2.05, 4.69) is 13.7 Å². The van der Waals surface area contributed by atoms with Gasteiger partial charge in [0.2, 0.25) is 0 Å². The highest BCUT2D eigenvalue weighted by molar-refractivity contribution is 7.00. The maximum absolute atomic E-state index is 13.0. The zero-order valence-electron chi connectivity index (χ0n) is 15.8. The monoisotopic (exact) mass is 395 g/mol. The van der Waals surface area contributed by atoms with Crippen molar-refractivity contribution in [3.05, 3.63) is 53.3 Å². The second-order valence-corrected chi connectivity index (χ2v) is 7.76. The van der Waals surface area contributed by atoms with Crippen LogP contribution in [0.4, 0.5) is 0 Å². The number of piperidine rings is 1. The van der Waals surface area contributed by atoms with Gasteiger partial charge in [-0.3, -0.25) is 14.6 Å². The van der Waals surface area contributed by atoms with Crippen molar-refractivity contribution in [2.75, 3.05) is 27.2 Å². The maximum atomic E-state index is 13.0. The van der Waals surface area contributed by atoms with E-state index < -0.39 is 0 Å². The lowest BCUT2D eigenvalue weighted by molar-refractivity contribution is 0.0706. The van der Waals surface area contributed by atoms with Gasteiger partial charge >= 0.3 is 0 Å². The van der Waals surface area contributed by atoms with Gasteiger partial charge in [-0.25, -0.2) is 0 Å². The summed E-state index contributed by atoms with van der Waals surface area (Å²) in [7, 11) is 3.44. The lowest BCUT2D eigenvalue weighted by atomic mass is 9.93. The molecule has 2 amide bonds. The van der Waals surface area contributed by atoms with Crippen LogP contribution in [0.2, 0.25) is 0 Å². The Morgan fingerprint density at radius 1 is 1.11 bits per heavy atom. The number of carbonyl (C=O) groups excluding carboxylic acids is 2. The van der Waals surface area contributed by atoms with Crippen molar-refractivity contribution in [1.82, 2.24) is 23.5 Å². The van der Waals surface area contributed by atoms with E-state index in [1.807, 2.05) is 35.2 Å². The van der Waals surface area contributed by atoms with Crippen molar-refractivity contribution in [1.29, 1.82) is 0 Å². The molecule has 0 aliphatic carbocycles. The standard InChI is InChI=1S/C20H21N5O2S/c1-24(2)19(26)14-6-7-16(21-11-14)15-4-3-9-25(12-15)20(27)13-5-8-17-18(10-13)23-28-22-17/h5-8,10-11,15H,3-4,9,12H2,1-2H3/t15-/m1/s1. The van der Waals surface area contributed by atoms with Gasteiger partial charge in [0, 0.05) is 50.6 Å². The van der Waals surface area contributed by atoms with E-state index >= 15 is 0 Å². The molecule has 2 aromatic heterocycles. The summed E-state index contributed by atoms with van der Waals surface area (Å²) in [4.78, 5) is 32.9. The zero-order chi connectivity index (χ0) is 19.7. The molecule has 1 saturated heterocycles. The van der Waals surface area contributed by atoms with E-state index in [0.29, 0.717) is 17.7 Å². The van der Waals surface area contributed by atoms with Gasteiger partial charge in [-0.15, -0.1) is 0 Å². The molecule has 0 unspecified atom stereocenters. The molecule has 0 saturated carbocycles. The van der Waals surface area contributed by atoms with Gasteiger partial charge in [0.15, 0.2) is 0 Å². The molecule has 3 heterocycles. The fraction of sp³-hybridized carbons (Fsp3) is 0.350. The largest absolute Gasteiger partial charge is 0.345 e. The first kappa shape index (κ1) is 18.5. The summed E-state index contributed by atoms with van der Waals surface area (Å²) in [6, 6.07) is 9.19. The number of hydrogen-bond acceptors (Lipinski definition) is 6. The SMILES string of the molecule is CN(C)C(=O)c1ccc([C@@H]2CCCN(C(=O)c3ccc4nsnc4c3)C2)nc1. The third-order valence-electron chi connectivity index (χ3n) is 5.07. The van der Waals surface area contributed by atoms with Crippen LogP contribution in [0.3, 0.4) is 0 Å². The van der Waals surface area contributed by atoms with E-state index in [1.165, 1.54) is 4.90 Å². The topological polar surface area (TPSA) is 79.3 Å². The fourth-order valence-corrected chi connectivity index (χ4v) is 4.05. The molecule has 0 N–H and O–H groups in total. The van der Waals surface area contributed by atoms with E-state index in [4.69, 9.17) is 0 Å². The predicted octanol–water partition coefficient (Wildman–Crippen LogP) is 2.81. The molecular weight excluding hydrogens is 374 g/mol. The van der Waals surface area contributed by atoms with E-state index in [1.54, 1.807) is 20.3 Å². The van der Waals surface area contributed by atoms with Crippen molar-refractivity contribution in [3.8, 4) is 0 Å². The highest BCUT2D eigenvalue weighted by Gasteiger charge is 2.26. The smallest absolute Gasteiger partial charge is 0.254 e. The Balaban J connectivity index is 1.49. The minimum Gasteiger partial charge on any atom is -0.345 e. The number of likely N-dealkylation sites (tertiary alicyclic amines) is 1. The highest BCUT2D eigenvalue weighted by Crippen LogP contribution is 2.27. The number of fused-ring (bicyclic) bond motifs is 1. The van der Waals surface area contributed by atoms with Gasteiger partial charge < -0.3 is 9.80 Å². The number of nitrogens with zero attached hydrogens (tertiary/aromatic N) is 5. The molecule has 8 heteroatoms. The van der Waals surface area contributed by atoms with Crippen LogP contribution in [0.5, 0.6) is 0 Å². The van der Waals surface area contributed by atoms with Crippen molar-refractivity contribution in [2.24, 2.45) is 0 Å². The van der Waals surface area contributed by atoms with Crippen molar-refractivity contribution >= 4 is 34.6 Å². The minimum atomic E-state index is -0.0635. The van der Waals surface area contributed by atoms with E-state index in [9.17, 15) is 9.59 Å². The quantitative estimate of drug-likeness (QED) is 0.681. The summed E-state index contributed by atoms with van der Waals surface area (Å²) in [6.45, 7) is 1.36. The minimum absolute atomic E-state index is 0.0130. The van der Waals surface area contributed by atoms with Crippen molar-refractivity contribution < 1.29 is 9.59 Å². The van der Waals surface area contributed by atoms with Gasteiger partial charge in [0.1, 0.15) is 11.0 Å². The fourth-order valence-electron chi connectivity index (χ4n) is 3.53. The third kappa shape index (κ3) is 3.60. The summed E-state index contributed by atoms with van der Waals surface area (Å²) in [5.74, 6) is 0.122. The van der Waals surface area contributed by atoms with Crippen LogP contribution in [0.15, 0.2) is 36.5 Å². The first-order valence-electron chi connectivity index (χ1n) is 9.22. The van der Waals surface area contributed by atoms with E-state index in [0.717, 1.165) is 47.8 Å². The third-order valence-corrected chi connectivity index (χ3v) is 5.62. The number of pyridine rings is 1. The average molecular weight is 395 g/mol. The zero-order valence-corrected chi connectivity index (χ0v) is 16.6. The number of amides is 2. The number of aromatic nitrogens is 3. The molecule has 3 aromatic rings. The number of carbonyl (C=O) groups is 2. The number of benzene rings is 1. The molecule has 1 aliphatic rings. The van der Waals surface area contributed by atoms with Crippen LogP contribution in [-0.2, 0) is 0 Å². The van der Waals surface area contributed by atoms with Gasteiger partial charge in [0.05, 0.1) is 17.3 Å². The van der Waals surface area contributed by atoms with Crippen molar-refractivity contribution in [3.63, 3.8) is 0 Å². The Morgan fingerprint density at radius 3 is 2.64 bits per heavy atom. The lowest BCUT2D eigenvalue weighted by Gasteiger charge is -2.32. The maximum Gasteiger partial charge on any atom is 0.254 e. The van der Waals surface area contributed by atoms with Crippen LogP contribution in [0, 0.1) is 0 Å². The summed E-state index contributed by atoms with van der Waals surface area (Å²) in [5, 5.41) is 0. The van der Waals surface area contributed by atoms with Gasteiger partial charge in [-0.2, -0.15) is 8.75 Å². The van der Waals surface area contributed by atoms with E-state index in [-0.39, 0.29) is 17.7 Å². The Labute approximate surface area is 167 Å². The average Bonchev–Trinajstić information content (AvgIpc) is 3.20. The number of rotatable bonds is 3. The molecule has 1 aromatic carbocycles. The molecule has 0 radical (unpaired) electrons. The van der Waals surface area contributed by atoms with Crippen LogP contribution < -0.4 is 0 Å². The van der Waals surface area contributed by atoms with Crippen LogP contribution >= 0.6 is 11.7 Å². The normalized spacial score (nSPS) is 16.9. The predicted molar refractivity (Wildman–Crippen MR) is 108 cm³/mol. The first-order chi connectivity index (χ1) is 13.5. The molecule has 28 heavy (non-hydrogen) atoms. The lowest BCUT2D eigenvalue weighted by Crippen LogP contribution is -2.39. The summed E-state index contributed by atoms with van der Waals surface area (Å²) < 4.78 is 8.41. The Morgan fingerprint density at radius 2 is 1.89 bits per heavy atom. The molecule has 1 fully saturated rings. The van der Waals surface area contributed by atoms with Gasteiger partial charge in [-0.1, -0.05) is 0 Å².